The average Bonchev–Trinajstić information content (AvgIpc) is 3.32. The number of nitrogens with zero attached hydrogens (tertiary/aromatic N) is 1. The Kier molecular flexibility index (Phi) is 5.78. The van der Waals surface area contributed by atoms with E-state index in [-0.39, 0.29) is 11.8 Å². The number of carbonyl (C=O) groups excluding carboxylic acids is 2. The molecule has 6 heteroatoms. The highest BCUT2D eigenvalue weighted by Gasteiger charge is 2.28. The van der Waals surface area contributed by atoms with Crippen LogP contribution in [0.15, 0.2) is 65.3 Å². The van der Waals surface area contributed by atoms with Crippen molar-refractivity contribution in [2.45, 2.75) is 46.7 Å². The number of benzene rings is 2. The highest BCUT2D eigenvalue weighted by Crippen LogP contribution is 2.33. The van der Waals surface area contributed by atoms with Crippen LogP contribution in [-0.4, -0.2) is 17.9 Å². The van der Waals surface area contributed by atoms with Gasteiger partial charge < -0.3 is 20.0 Å². The van der Waals surface area contributed by atoms with E-state index in [1.807, 2.05) is 26.8 Å². The molecule has 32 heavy (non-hydrogen) atoms. The van der Waals surface area contributed by atoms with Crippen molar-refractivity contribution in [1.29, 1.82) is 0 Å². The van der Waals surface area contributed by atoms with Crippen LogP contribution in [0.25, 0.3) is 0 Å². The quantitative estimate of drug-likeness (QED) is 0.562. The average molecular weight is 432 g/mol. The molecule has 2 heterocycles. The molecule has 0 spiro atoms. The molecule has 0 saturated carbocycles. The van der Waals surface area contributed by atoms with Gasteiger partial charge in [0.15, 0.2) is 0 Å². The second kappa shape index (κ2) is 8.54. The van der Waals surface area contributed by atoms with Crippen molar-refractivity contribution in [2.75, 3.05) is 15.5 Å². The van der Waals surface area contributed by atoms with E-state index in [1.54, 1.807) is 36.6 Å². The maximum atomic E-state index is 13.0. The molecule has 3 aromatic rings. The summed E-state index contributed by atoms with van der Waals surface area (Å²) in [5, 5.41) is 5.81. The number of fused-ring (bicyclic) bond motifs is 1. The molecule has 1 aromatic heterocycles. The second-order valence-electron chi connectivity index (χ2n) is 9.31. The molecule has 6 nitrogen and oxygen atoms in total. The fourth-order valence-corrected chi connectivity index (χ4v) is 3.88. The second-order valence-corrected chi connectivity index (χ2v) is 9.31. The number of rotatable bonds is 5. The minimum atomic E-state index is -0.504. The Morgan fingerprint density at radius 1 is 1.03 bits per heavy atom. The standard InChI is InChI=1S/C26H29N3O3/c1-17-14-18-8-5-6-11-22(18)29(17)16-23-21(12-13-32-23)24(30)27-19-9-7-10-20(15-19)28-25(31)26(2,3)4/h5-13,15,17H,14,16H2,1-4H3,(H,27,30)(H,28,31). The van der Waals surface area contributed by atoms with Gasteiger partial charge in [-0.05, 0) is 49.2 Å². The van der Waals surface area contributed by atoms with Gasteiger partial charge >= 0.3 is 0 Å². The van der Waals surface area contributed by atoms with Gasteiger partial charge in [0, 0.05) is 28.5 Å². The van der Waals surface area contributed by atoms with Crippen LogP contribution in [-0.2, 0) is 17.8 Å². The third kappa shape index (κ3) is 4.54. The molecular weight excluding hydrogens is 402 g/mol. The maximum Gasteiger partial charge on any atom is 0.259 e. The summed E-state index contributed by atoms with van der Waals surface area (Å²) in [6.07, 6.45) is 2.53. The summed E-state index contributed by atoms with van der Waals surface area (Å²) in [7, 11) is 0. The summed E-state index contributed by atoms with van der Waals surface area (Å²) in [6, 6.07) is 17.5. The molecule has 166 valence electrons. The van der Waals surface area contributed by atoms with E-state index in [4.69, 9.17) is 4.42 Å². The highest BCUT2D eigenvalue weighted by atomic mass is 16.3. The molecule has 2 aromatic carbocycles. The Morgan fingerprint density at radius 2 is 1.75 bits per heavy atom. The fraction of sp³-hybridized carbons (Fsp3) is 0.308. The minimum Gasteiger partial charge on any atom is -0.467 e. The van der Waals surface area contributed by atoms with Crippen molar-refractivity contribution in [2.24, 2.45) is 5.41 Å². The van der Waals surface area contributed by atoms with Crippen LogP contribution in [0.4, 0.5) is 17.1 Å². The molecule has 1 aliphatic rings. The van der Waals surface area contributed by atoms with E-state index in [0.717, 1.165) is 6.42 Å². The predicted molar refractivity (Wildman–Crippen MR) is 127 cm³/mol. The van der Waals surface area contributed by atoms with Gasteiger partial charge in [-0.25, -0.2) is 0 Å². The largest absolute Gasteiger partial charge is 0.467 e. The molecule has 4 rings (SSSR count). The van der Waals surface area contributed by atoms with Gasteiger partial charge in [-0.1, -0.05) is 45.0 Å². The van der Waals surface area contributed by atoms with Gasteiger partial charge in [-0.15, -0.1) is 0 Å². The number of carbonyl (C=O) groups is 2. The van der Waals surface area contributed by atoms with Crippen molar-refractivity contribution < 1.29 is 14.0 Å². The fourth-order valence-electron chi connectivity index (χ4n) is 3.88. The van der Waals surface area contributed by atoms with Gasteiger partial charge in [0.1, 0.15) is 5.76 Å². The molecule has 0 bridgehead atoms. The Morgan fingerprint density at radius 3 is 2.50 bits per heavy atom. The lowest BCUT2D eigenvalue weighted by Gasteiger charge is -2.24. The van der Waals surface area contributed by atoms with Gasteiger partial charge in [0.25, 0.3) is 5.91 Å². The van der Waals surface area contributed by atoms with E-state index in [9.17, 15) is 9.59 Å². The first kappa shape index (κ1) is 21.7. The topological polar surface area (TPSA) is 74.6 Å². The first-order chi connectivity index (χ1) is 15.2. The van der Waals surface area contributed by atoms with Gasteiger partial charge in [-0.2, -0.15) is 0 Å². The van der Waals surface area contributed by atoms with Gasteiger partial charge in [-0.3, -0.25) is 9.59 Å². The molecule has 0 aliphatic carbocycles. The Balaban J connectivity index is 1.48. The van der Waals surface area contributed by atoms with E-state index < -0.39 is 5.41 Å². The molecule has 1 aliphatic heterocycles. The Hall–Kier alpha value is -3.54. The van der Waals surface area contributed by atoms with Crippen LogP contribution in [0, 0.1) is 5.41 Å². The minimum absolute atomic E-state index is 0.0851. The number of hydrogen-bond acceptors (Lipinski definition) is 4. The summed E-state index contributed by atoms with van der Waals surface area (Å²) in [5.41, 5.74) is 3.74. The molecule has 1 atom stereocenters. The lowest BCUT2D eigenvalue weighted by atomic mass is 9.95. The molecule has 1 unspecified atom stereocenters. The summed E-state index contributed by atoms with van der Waals surface area (Å²) in [4.78, 5) is 27.5. The van der Waals surface area contributed by atoms with Crippen LogP contribution < -0.4 is 15.5 Å². The zero-order valence-corrected chi connectivity index (χ0v) is 18.9. The van der Waals surface area contributed by atoms with E-state index in [1.165, 1.54) is 11.3 Å². The van der Waals surface area contributed by atoms with E-state index >= 15 is 0 Å². The zero-order chi connectivity index (χ0) is 22.9. The number of furan rings is 1. The van der Waals surface area contributed by atoms with Gasteiger partial charge in [0.2, 0.25) is 5.91 Å². The SMILES string of the molecule is CC1Cc2ccccc2N1Cc1occc1C(=O)Nc1cccc(NC(=O)C(C)(C)C)c1. The van der Waals surface area contributed by atoms with Gasteiger partial charge in [0.05, 0.1) is 18.4 Å². The van der Waals surface area contributed by atoms with Crippen molar-refractivity contribution >= 4 is 28.9 Å². The summed E-state index contributed by atoms with van der Waals surface area (Å²) in [5.74, 6) is 0.300. The summed E-state index contributed by atoms with van der Waals surface area (Å²) in [6.45, 7) is 8.27. The van der Waals surface area contributed by atoms with Crippen molar-refractivity contribution in [3.8, 4) is 0 Å². The first-order valence-corrected chi connectivity index (χ1v) is 10.9. The highest BCUT2D eigenvalue weighted by molar-refractivity contribution is 6.05. The summed E-state index contributed by atoms with van der Waals surface area (Å²) < 4.78 is 5.70. The smallest absolute Gasteiger partial charge is 0.259 e. The molecule has 0 fully saturated rings. The van der Waals surface area contributed by atoms with Crippen molar-refractivity contribution in [1.82, 2.24) is 0 Å². The van der Waals surface area contributed by atoms with Crippen LogP contribution in [0.3, 0.4) is 0 Å². The summed E-state index contributed by atoms with van der Waals surface area (Å²) >= 11 is 0. The molecule has 2 amide bonds. The molecular formula is C26H29N3O3. The third-order valence-corrected chi connectivity index (χ3v) is 5.71. The van der Waals surface area contributed by atoms with Crippen molar-refractivity contribution in [3.63, 3.8) is 0 Å². The van der Waals surface area contributed by atoms with Crippen LogP contribution in [0.2, 0.25) is 0 Å². The third-order valence-electron chi connectivity index (χ3n) is 5.71. The lowest BCUT2D eigenvalue weighted by molar-refractivity contribution is -0.123. The van der Waals surface area contributed by atoms with E-state index in [2.05, 4.69) is 40.7 Å². The molecule has 0 radical (unpaired) electrons. The Bertz CT molecular complexity index is 1140. The zero-order valence-electron chi connectivity index (χ0n) is 18.9. The Labute approximate surface area is 188 Å². The van der Waals surface area contributed by atoms with Crippen molar-refractivity contribution in [3.05, 3.63) is 77.7 Å². The lowest BCUT2D eigenvalue weighted by Crippen LogP contribution is -2.29. The van der Waals surface area contributed by atoms with Crippen LogP contribution in [0.1, 0.15) is 49.4 Å². The predicted octanol–water partition coefficient (Wildman–Crippen LogP) is 5.47. The number of para-hydroxylation sites is 1. The molecule has 0 saturated heterocycles. The number of hydrogen-bond donors (Lipinski definition) is 2. The number of amides is 2. The van der Waals surface area contributed by atoms with E-state index in [0.29, 0.717) is 35.3 Å². The number of nitrogens with one attached hydrogen (secondary N) is 2. The van der Waals surface area contributed by atoms with Crippen LogP contribution in [0.5, 0.6) is 0 Å². The first-order valence-electron chi connectivity index (χ1n) is 10.9. The monoisotopic (exact) mass is 431 g/mol. The molecule has 2 N–H and O–H groups in total. The number of anilines is 3. The van der Waals surface area contributed by atoms with Crippen LogP contribution >= 0.6 is 0 Å². The normalized spacial score (nSPS) is 15.4. The maximum absolute atomic E-state index is 13.0.